The molecule has 0 saturated carbocycles. The number of fused-ring (bicyclic) bond motifs is 2. The number of nitrogens with one attached hydrogen (secondary N) is 1. The fourth-order valence-electron chi connectivity index (χ4n) is 3.78. The Bertz CT molecular complexity index is 903. The summed E-state index contributed by atoms with van der Waals surface area (Å²) in [6.45, 7) is -0.0361. The van der Waals surface area contributed by atoms with E-state index in [1.54, 1.807) is 6.07 Å². The molecular weight excluding hydrogens is 336 g/mol. The lowest BCUT2D eigenvalue weighted by Crippen LogP contribution is -2.46. The van der Waals surface area contributed by atoms with Gasteiger partial charge in [0.15, 0.2) is 0 Å². The monoisotopic (exact) mass is 354 g/mol. The van der Waals surface area contributed by atoms with E-state index in [4.69, 9.17) is 4.42 Å². The molecule has 1 spiro atoms. The van der Waals surface area contributed by atoms with Gasteiger partial charge in [0, 0.05) is 0 Å². The second-order valence-corrected chi connectivity index (χ2v) is 6.50. The Balaban J connectivity index is 1.63. The Kier molecular flexibility index (Phi) is 3.79. The molecule has 2 aliphatic rings. The number of urea groups is 1. The van der Waals surface area contributed by atoms with E-state index in [1.807, 2.05) is 24.3 Å². The first-order valence-electron chi connectivity index (χ1n) is 8.45. The molecule has 1 aliphatic heterocycles. The van der Waals surface area contributed by atoms with Gasteiger partial charge in [-0.15, -0.1) is 0 Å². The zero-order valence-corrected chi connectivity index (χ0v) is 14.3. The van der Waals surface area contributed by atoms with Crippen molar-refractivity contribution in [2.24, 2.45) is 0 Å². The summed E-state index contributed by atoms with van der Waals surface area (Å²) in [7, 11) is 1.26. The fraction of sp³-hybridized carbons (Fsp3) is 0.316. The smallest absolute Gasteiger partial charge is 0.373 e. The highest BCUT2D eigenvalue weighted by molar-refractivity contribution is 6.07. The predicted octanol–water partition coefficient (Wildman–Crippen LogP) is 2.35. The van der Waals surface area contributed by atoms with E-state index < -0.39 is 17.5 Å². The molecule has 1 fully saturated rings. The molecule has 1 atom stereocenters. The van der Waals surface area contributed by atoms with E-state index in [9.17, 15) is 14.4 Å². The zero-order valence-electron chi connectivity index (χ0n) is 14.3. The van der Waals surface area contributed by atoms with Crippen molar-refractivity contribution >= 4 is 17.9 Å². The van der Waals surface area contributed by atoms with Gasteiger partial charge in [-0.25, -0.2) is 9.59 Å². The average Bonchev–Trinajstić information content (AvgIpc) is 3.21. The lowest BCUT2D eigenvalue weighted by atomic mass is 9.76. The van der Waals surface area contributed by atoms with Crippen LogP contribution in [0.25, 0.3) is 0 Å². The number of imide groups is 1. The number of esters is 1. The Morgan fingerprint density at radius 2 is 2.08 bits per heavy atom. The molecule has 0 unspecified atom stereocenters. The van der Waals surface area contributed by atoms with Gasteiger partial charge in [0.2, 0.25) is 5.76 Å². The second kappa shape index (κ2) is 6.01. The third-order valence-electron chi connectivity index (χ3n) is 5.01. The van der Waals surface area contributed by atoms with E-state index in [2.05, 4.69) is 10.1 Å². The van der Waals surface area contributed by atoms with E-state index in [0.29, 0.717) is 12.2 Å². The molecule has 3 amide bonds. The number of aryl methyl sites for hydroxylation is 1. The number of carbonyl (C=O) groups is 3. The van der Waals surface area contributed by atoms with Crippen LogP contribution >= 0.6 is 0 Å². The van der Waals surface area contributed by atoms with Crippen molar-refractivity contribution < 1.29 is 23.5 Å². The summed E-state index contributed by atoms with van der Waals surface area (Å²) < 4.78 is 9.99. The number of methoxy groups -OCH3 is 1. The average molecular weight is 354 g/mol. The minimum atomic E-state index is -1.01. The van der Waals surface area contributed by atoms with Gasteiger partial charge in [-0.1, -0.05) is 24.3 Å². The number of rotatable bonds is 3. The zero-order chi connectivity index (χ0) is 18.3. The summed E-state index contributed by atoms with van der Waals surface area (Å²) in [5.74, 6) is -0.515. The van der Waals surface area contributed by atoms with Crippen molar-refractivity contribution in [2.45, 2.75) is 31.3 Å². The molecule has 0 radical (unpaired) electrons. The van der Waals surface area contributed by atoms with Crippen LogP contribution in [0.2, 0.25) is 0 Å². The lowest BCUT2D eigenvalue weighted by molar-refractivity contribution is -0.132. The molecule has 1 saturated heterocycles. The number of hydrogen-bond donors (Lipinski definition) is 1. The van der Waals surface area contributed by atoms with E-state index in [-0.39, 0.29) is 18.2 Å². The van der Waals surface area contributed by atoms with Crippen molar-refractivity contribution in [3.8, 4) is 0 Å². The van der Waals surface area contributed by atoms with Crippen LogP contribution < -0.4 is 5.32 Å². The summed E-state index contributed by atoms with van der Waals surface area (Å²) in [5.41, 5.74) is 0.936. The maximum absolute atomic E-state index is 13.2. The Morgan fingerprint density at radius 3 is 2.88 bits per heavy atom. The minimum Gasteiger partial charge on any atom is -0.463 e. The van der Waals surface area contributed by atoms with Gasteiger partial charge >= 0.3 is 12.0 Å². The first-order chi connectivity index (χ1) is 12.5. The number of furan rings is 1. The van der Waals surface area contributed by atoms with E-state index in [1.165, 1.54) is 13.2 Å². The van der Waals surface area contributed by atoms with Crippen LogP contribution in [-0.4, -0.2) is 29.9 Å². The van der Waals surface area contributed by atoms with Gasteiger partial charge in [-0.3, -0.25) is 9.69 Å². The summed E-state index contributed by atoms with van der Waals surface area (Å²) in [6, 6.07) is 10.3. The maximum atomic E-state index is 13.2. The topological polar surface area (TPSA) is 88.9 Å². The van der Waals surface area contributed by atoms with E-state index in [0.717, 1.165) is 28.9 Å². The molecule has 134 valence electrons. The number of benzene rings is 1. The van der Waals surface area contributed by atoms with Gasteiger partial charge in [-0.05, 0) is 42.5 Å². The molecule has 1 aromatic carbocycles. The standard InChI is InChI=1S/C19H18N2O5/c1-25-16(22)15-9-8-13(26-15)11-21-17(23)19(20-18(21)24)10-4-6-12-5-2-3-7-14(12)19/h2-3,5,7-9H,4,6,10-11H2,1H3,(H,20,24)/t19-/m0/s1. The number of nitrogens with zero attached hydrogens (tertiary/aromatic N) is 1. The molecule has 7 heteroatoms. The third kappa shape index (κ3) is 2.39. The number of hydrogen-bond acceptors (Lipinski definition) is 5. The van der Waals surface area contributed by atoms with Crippen molar-refractivity contribution in [3.63, 3.8) is 0 Å². The largest absolute Gasteiger partial charge is 0.463 e. The summed E-state index contributed by atoms with van der Waals surface area (Å²) in [5, 5.41) is 2.89. The van der Waals surface area contributed by atoms with Gasteiger partial charge in [0.05, 0.1) is 13.7 Å². The van der Waals surface area contributed by atoms with Crippen LogP contribution in [-0.2, 0) is 28.0 Å². The molecule has 1 aliphatic carbocycles. The van der Waals surface area contributed by atoms with Crippen LogP contribution in [0.15, 0.2) is 40.8 Å². The van der Waals surface area contributed by atoms with Gasteiger partial charge in [0.25, 0.3) is 5.91 Å². The predicted molar refractivity (Wildman–Crippen MR) is 90.2 cm³/mol. The van der Waals surface area contributed by atoms with Crippen molar-refractivity contribution in [1.29, 1.82) is 0 Å². The normalized spacial score (nSPS) is 21.7. The molecule has 26 heavy (non-hydrogen) atoms. The molecular formula is C19H18N2O5. The molecule has 4 rings (SSSR count). The molecule has 1 aromatic heterocycles. The molecule has 7 nitrogen and oxygen atoms in total. The van der Waals surface area contributed by atoms with E-state index >= 15 is 0 Å². The summed E-state index contributed by atoms with van der Waals surface area (Å²) >= 11 is 0. The molecule has 2 heterocycles. The van der Waals surface area contributed by atoms with Crippen LogP contribution in [0.4, 0.5) is 4.79 Å². The number of carbonyl (C=O) groups excluding carboxylic acids is 3. The molecule has 1 N–H and O–H groups in total. The third-order valence-corrected chi connectivity index (χ3v) is 5.01. The number of amides is 3. The summed E-state index contributed by atoms with van der Waals surface area (Å²) in [6.07, 6.45) is 2.28. The van der Waals surface area contributed by atoms with Crippen LogP contribution in [0.1, 0.15) is 40.3 Å². The first kappa shape index (κ1) is 16.4. The molecule has 0 bridgehead atoms. The van der Waals surface area contributed by atoms with Crippen molar-refractivity contribution in [3.05, 3.63) is 59.0 Å². The SMILES string of the molecule is COC(=O)c1ccc(CN2C(=O)N[C@]3(CCCc4ccccc43)C2=O)o1. The Morgan fingerprint density at radius 1 is 1.27 bits per heavy atom. The number of ether oxygens (including phenoxy) is 1. The highest BCUT2D eigenvalue weighted by Crippen LogP contribution is 2.40. The van der Waals surface area contributed by atoms with Crippen LogP contribution in [0, 0.1) is 0 Å². The second-order valence-electron chi connectivity index (χ2n) is 6.50. The van der Waals surface area contributed by atoms with Crippen molar-refractivity contribution in [1.82, 2.24) is 10.2 Å². The Labute approximate surface area is 149 Å². The molecule has 2 aromatic rings. The van der Waals surface area contributed by atoms with Gasteiger partial charge in [-0.2, -0.15) is 0 Å². The first-order valence-corrected chi connectivity index (χ1v) is 8.45. The van der Waals surface area contributed by atoms with Gasteiger partial charge in [0.1, 0.15) is 11.3 Å². The maximum Gasteiger partial charge on any atom is 0.373 e. The highest BCUT2D eigenvalue weighted by atomic mass is 16.5. The summed E-state index contributed by atoms with van der Waals surface area (Å²) in [4.78, 5) is 38.3. The quantitative estimate of drug-likeness (QED) is 0.675. The minimum absolute atomic E-state index is 0.0345. The van der Waals surface area contributed by atoms with Crippen LogP contribution in [0.5, 0.6) is 0 Å². The van der Waals surface area contributed by atoms with Crippen LogP contribution in [0.3, 0.4) is 0 Å². The fourth-order valence-corrected chi connectivity index (χ4v) is 3.78. The lowest BCUT2D eigenvalue weighted by Gasteiger charge is -2.33. The Hall–Kier alpha value is -3.09. The van der Waals surface area contributed by atoms with Gasteiger partial charge < -0.3 is 14.5 Å². The highest BCUT2D eigenvalue weighted by Gasteiger charge is 2.53. The van der Waals surface area contributed by atoms with Crippen molar-refractivity contribution in [2.75, 3.05) is 7.11 Å².